The summed E-state index contributed by atoms with van der Waals surface area (Å²) in [5.74, 6) is 0.671. The fourth-order valence-corrected chi connectivity index (χ4v) is 4.70. The molecule has 4 rings (SSSR count). The predicted molar refractivity (Wildman–Crippen MR) is 95.4 cm³/mol. The van der Waals surface area contributed by atoms with Crippen molar-refractivity contribution in [3.8, 4) is 5.75 Å². The number of anilines is 1. The van der Waals surface area contributed by atoms with Gasteiger partial charge in [-0.15, -0.1) is 0 Å². The third-order valence-electron chi connectivity index (χ3n) is 4.40. The number of nitrogens with zero attached hydrogens (tertiary/aromatic N) is 2. The second-order valence-corrected chi connectivity index (χ2v) is 7.00. The molecule has 2 aliphatic rings. The van der Waals surface area contributed by atoms with Crippen LogP contribution in [-0.4, -0.2) is 16.5 Å². The maximum absolute atomic E-state index is 11.0. The summed E-state index contributed by atoms with van der Waals surface area (Å²) < 4.78 is 6.41. The zero-order chi connectivity index (χ0) is 16.9. The van der Waals surface area contributed by atoms with Gasteiger partial charge in [-0.3, -0.25) is 10.1 Å². The topological polar surface area (TPSA) is 55.6 Å². The van der Waals surface area contributed by atoms with E-state index < -0.39 is 5.06 Å². The summed E-state index contributed by atoms with van der Waals surface area (Å²) in [4.78, 5) is 14.0. The van der Waals surface area contributed by atoms with Gasteiger partial charge in [0, 0.05) is 34.7 Å². The highest BCUT2D eigenvalue weighted by atomic mass is 32.2. The van der Waals surface area contributed by atoms with Crippen molar-refractivity contribution in [3.05, 3.63) is 63.7 Å². The van der Waals surface area contributed by atoms with Crippen molar-refractivity contribution in [2.24, 2.45) is 0 Å². The van der Waals surface area contributed by atoms with E-state index >= 15 is 0 Å². The number of thioether (sulfide) groups is 1. The molecule has 0 aromatic heterocycles. The quantitative estimate of drug-likeness (QED) is 0.587. The third kappa shape index (κ3) is 2.03. The second-order valence-electron chi connectivity index (χ2n) is 5.80. The normalized spacial score (nSPS) is 21.1. The van der Waals surface area contributed by atoms with Crippen LogP contribution in [0.5, 0.6) is 5.75 Å². The Bertz CT molecular complexity index is 880. The van der Waals surface area contributed by atoms with E-state index in [1.165, 1.54) is 11.0 Å². The lowest BCUT2D eigenvalue weighted by Crippen LogP contribution is -2.50. The molecule has 2 heterocycles. The number of likely N-dealkylation sites (N-methyl/N-ethyl adjacent to an activating group) is 1. The molecule has 0 fully saturated rings. The van der Waals surface area contributed by atoms with Crippen LogP contribution in [0.15, 0.2) is 52.9 Å². The van der Waals surface area contributed by atoms with Gasteiger partial charge in [0.1, 0.15) is 5.75 Å². The Morgan fingerprint density at radius 1 is 1.29 bits per heavy atom. The van der Waals surface area contributed by atoms with Crippen molar-refractivity contribution < 1.29 is 9.66 Å². The van der Waals surface area contributed by atoms with Gasteiger partial charge in [0.15, 0.2) is 0 Å². The number of fused-ring (bicyclic) bond motifs is 2. The van der Waals surface area contributed by atoms with Crippen molar-refractivity contribution >= 4 is 29.2 Å². The van der Waals surface area contributed by atoms with Gasteiger partial charge >= 0.3 is 0 Å². The lowest BCUT2D eigenvalue weighted by Gasteiger charge is -2.41. The summed E-state index contributed by atoms with van der Waals surface area (Å²) in [7, 11) is 0. The Labute approximate surface area is 144 Å². The maximum atomic E-state index is 11.0. The number of non-ortho nitro benzene ring substituents is 1. The number of hydrogen-bond acceptors (Lipinski definition) is 5. The van der Waals surface area contributed by atoms with Crippen LogP contribution in [0.2, 0.25) is 0 Å². The minimum absolute atomic E-state index is 0.0760. The molecule has 122 valence electrons. The van der Waals surface area contributed by atoms with Crippen LogP contribution >= 0.6 is 11.8 Å². The number of hydrogen-bond donors (Lipinski definition) is 0. The summed E-state index contributed by atoms with van der Waals surface area (Å²) >= 11 is 1.68. The van der Waals surface area contributed by atoms with Crippen LogP contribution < -0.4 is 9.64 Å². The van der Waals surface area contributed by atoms with Gasteiger partial charge in [-0.2, -0.15) is 0 Å². The summed E-state index contributed by atoms with van der Waals surface area (Å²) in [6.07, 6.45) is 1.99. The zero-order valence-electron chi connectivity index (χ0n) is 13.4. The van der Waals surface area contributed by atoms with E-state index in [4.69, 9.17) is 4.74 Å². The standard InChI is InChI=1S/C18H16N2O3S/c1-3-19-15-6-4-5-7-17(15)24-18(19)12(2)10-13-11-14(20(21)22)8-9-16(13)23-18/h4-11H,3H2,1-2H3. The number of rotatable bonds is 2. The van der Waals surface area contributed by atoms with E-state index in [1.54, 1.807) is 23.9 Å². The average molecular weight is 340 g/mol. The third-order valence-corrected chi connectivity index (χ3v) is 5.87. The van der Waals surface area contributed by atoms with Crippen LogP contribution in [0, 0.1) is 10.1 Å². The summed E-state index contributed by atoms with van der Waals surface area (Å²) in [6.45, 7) is 4.92. The van der Waals surface area contributed by atoms with E-state index in [9.17, 15) is 10.1 Å². The van der Waals surface area contributed by atoms with Crippen molar-refractivity contribution in [1.29, 1.82) is 0 Å². The van der Waals surface area contributed by atoms with Gasteiger partial charge in [-0.25, -0.2) is 0 Å². The van der Waals surface area contributed by atoms with Crippen molar-refractivity contribution in [1.82, 2.24) is 0 Å². The molecule has 0 saturated carbocycles. The Balaban J connectivity index is 1.82. The van der Waals surface area contributed by atoms with Crippen LogP contribution in [0.25, 0.3) is 6.08 Å². The van der Waals surface area contributed by atoms with Crippen LogP contribution in [0.4, 0.5) is 11.4 Å². The summed E-state index contributed by atoms with van der Waals surface area (Å²) in [6, 6.07) is 13.0. The molecular formula is C18H16N2O3S. The van der Waals surface area contributed by atoms with Crippen LogP contribution in [0.1, 0.15) is 19.4 Å². The smallest absolute Gasteiger partial charge is 0.270 e. The SMILES string of the molecule is CCN1c2ccccc2SC12Oc1ccc([N+](=O)[O-])cc1C=C2C. The number of para-hydroxylation sites is 1. The molecule has 0 aliphatic carbocycles. The number of nitro benzene ring substituents is 1. The molecule has 1 atom stereocenters. The van der Waals surface area contributed by atoms with Gasteiger partial charge in [0.05, 0.1) is 10.6 Å². The molecule has 0 saturated heterocycles. The van der Waals surface area contributed by atoms with Crippen LogP contribution in [-0.2, 0) is 0 Å². The zero-order valence-corrected chi connectivity index (χ0v) is 14.2. The summed E-state index contributed by atoms with van der Waals surface area (Å²) in [5, 5.41) is 10.4. The fourth-order valence-electron chi connectivity index (χ4n) is 3.29. The van der Waals surface area contributed by atoms with Crippen LogP contribution in [0.3, 0.4) is 0 Å². The first-order valence-electron chi connectivity index (χ1n) is 7.77. The van der Waals surface area contributed by atoms with Gasteiger partial charge in [0.2, 0.25) is 0 Å². The molecule has 1 spiro atoms. The van der Waals surface area contributed by atoms with Gasteiger partial charge in [-0.05, 0) is 49.9 Å². The molecule has 24 heavy (non-hydrogen) atoms. The predicted octanol–water partition coefficient (Wildman–Crippen LogP) is 4.68. The molecule has 2 aliphatic heterocycles. The molecule has 0 amide bonds. The molecular weight excluding hydrogens is 324 g/mol. The second kappa shape index (κ2) is 5.27. The molecule has 1 unspecified atom stereocenters. The molecule has 2 aromatic rings. The average Bonchev–Trinajstić information content (AvgIpc) is 2.89. The van der Waals surface area contributed by atoms with Crippen molar-refractivity contribution in [2.45, 2.75) is 23.8 Å². The minimum atomic E-state index is -0.623. The Morgan fingerprint density at radius 3 is 2.83 bits per heavy atom. The molecule has 6 heteroatoms. The summed E-state index contributed by atoms with van der Waals surface area (Å²) in [5.41, 5.74) is 3.01. The highest BCUT2D eigenvalue weighted by Crippen LogP contribution is 2.56. The van der Waals surface area contributed by atoms with E-state index in [1.807, 2.05) is 25.1 Å². The first-order chi connectivity index (χ1) is 11.5. The van der Waals surface area contributed by atoms with Gasteiger partial charge in [0.25, 0.3) is 10.7 Å². The highest BCUT2D eigenvalue weighted by Gasteiger charge is 2.49. The molecule has 5 nitrogen and oxygen atoms in total. The first kappa shape index (κ1) is 15.1. The lowest BCUT2D eigenvalue weighted by molar-refractivity contribution is -0.384. The minimum Gasteiger partial charge on any atom is -0.454 e. The number of ether oxygens (including phenoxy) is 1. The van der Waals surface area contributed by atoms with E-state index in [-0.39, 0.29) is 10.6 Å². The fraction of sp³-hybridized carbons (Fsp3) is 0.222. The van der Waals surface area contributed by atoms with E-state index in [0.29, 0.717) is 5.75 Å². The lowest BCUT2D eigenvalue weighted by atomic mass is 10.0. The molecule has 0 N–H and O–H groups in total. The monoisotopic (exact) mass is 340 g/mol. The maximum Gasteiger partial charge on any atom is 0.270 e. The largest absolute Gasteiger partial charge is 0.454 e. The van der Waals surface area contributed by atoms with Gasteiger partial charge in [-0.1, -0.05) is 12.1 Å². The van der Waals surface area contributed by atoms with Gasteiger partial charge < -0.3 is 9.64 Å². The molecule has 0 radical (unpaired) electrons. The Hall–Kier alpha value is -2.47. The number of benzene rings is 2. The highest BCUT2D eigenvalue weighted by molar-refractivity contribution is 8.01. The van der Waals surface area contributed by atoms with Crippen molar-refractivity contribution in [2.75, 3.05) is 11.4 Å². The van der Waals surface area contributed by atoms with E-state index in [0.717, 1.165) is 23.4 Å². The molecule has 0 bridgehead atoms. The van der Waals surface area contributed by atoms with Crippen molar-refractivity contribution in [3.63, 3.8) is 0 Å². The number of nitro groups is 1. The van der Waals surface area contributed by atoms with E-state index in [2.05, 4.69) is 24.0 Å². The molecule has 2 aromatic carbocycles. The first-order valence-corrected chi connectivity index (χ1v) is 8.59. The Kier molecular flexibility index (Phi) is 3.31. The Morgan fingerprint density at radius 2 is 2.08 bits per heavy atom.